The van der Waals surface area contributed by atoms with Crippen LogP contribution in [0.15, 0.2) is 0 Å². The van der Waals surface area contributed by atoms with E-state index in [1.54, 1.807) is 7.11 Å². The molecule has 1 fully saturated rings. The molecule has 1 saturated carbocycles. The van der Waals surface area contributed by atoms with Crippen molar-refractivity contribution in [1.82, 2.24) is 10.6 Å². The molecule has 0 aromatic rings. The molecule has 6 nitrogen and oxygen atoms in total. The van der Waals surface area contributed by atoms with Crippen molar-refractivity contribution in [2.75, 3.05) is 13.7 Å². The van der Waals surface area contributed by atoms with Gasteiger partial charge in [-0.25, -0.2) is 4.79 Å². The van der Waals surface area contributed by atoms with Gasteiger partial charge in [-0.15, -0.1) is 0 Å². The van der Waals surface area contributed by atoms with Gasteiger partial charge in [0.2, 0.25) is 0 Å². The average molecular weight is 272 g/mol. The summed E-state index contributed by atoms with van der Waals surface area (Å²) in [5, 5.41) is 14.7. The lowest BCUT2D eigenvalue weighted by atomic mass is 9.86. The fraction of sp³-hybridized carbons (Fsp3) is 0.846. The van der Waals surface area contributed by atoms with Gasteiger partial charge in [0.1, 0.15) is 0 Å². The fourth-order valence-corrected chi connectivity index (χ4v) is 2.36. The number of aliphatic carboxylic acids is 1. The molecular formula is C13H24N2O4. The maximum atomic E-state index is 11.8. The van der Waals surface area contributed by atoms with Crippen LogP contribution in [0.1, 0.15) is 39.0 Å². The fourth-order valence-electron chi connectivity index (χ4n) is 2.36. The van der Waals surface area contributed by atoms with Crippen LogP contribution in [0.4, 0.5) is 4.79 Å². The highest BCUT2D eigenvalue weighted by atomic mass is 16.5. The zero-order chi connectivity index (χ0) is 14.3. The number of carboxylic acids is 1. The van der Waals surface area contributed by atoms with Gasteiger partial charge >= 0.3 is 12.0 Å². The van der Waals surface area contributed by atoms with E-state index in [0.29, 0.717) is 19.4 Å². The topological polar surface area (TPSA) is 87.7 Å². The van der Waals surface area contributed by atoms with Gasteiger partial charge < -0.3 is 20.5 Å². The summed E-state index contributed by atoms with van der Waals surface area (Å²) < 4.78 is 4.95. The molecule has 0 bridgehead atoms. The molecule has 0 aromatic heterocycles. The summed E-state index contributed by atoms with van der Waals surface area (Å²) in [6.45, 7) is 2.52. The summed E-state index contributed by atoms with van der Waals surface area (Å²) in [5.41, 5.74) is 0. The Hall–Kier alpha value is -1.30. The molecule has 3 N–H and O–H groups in total. The van der Waals surface area contributed by atoms with Gasteiger partial charge in [-0.3, -0.25) is 4.79 Å². The molecule has 0 saturated heterocycles. The molecule has 1 aliphatic carbocycles. The second-order valence-electron chi connectivity index (χ2n) is 5.20. The van der Waals surface area contributed by atoms with Crippen molar-refractivity contribution in [3.05, 3.63) is 0 Å². The molecule has 1 aliphatic rings. The Kier molecular flexibility index (Phi) is 6.62. The smallest absolute Gasteiger partial charge is 0.315 e. The van der Waals surface area contributed by atoms with E-state index in [1.807, 2.05) is 6.92 Å². The highest BCUT2D eigenvalue weighted by molar-refractivity contribution is 5.75. The molecule has 0 spiro atoms. The van der Waals surface area contributed by atoms with Gasteiger partial charge in [0.25, 0.3) is 0 Å². The van der Waals surface area contributed by atoms with Crippen LogP contribution in [-0.2, 0) is 9.53 Å². The van der Waals surface area contributed by atoms with Gasteiger partial charge in [0, 0.05) is 25.8 Å². The summed E-state index contributed by atoms with van der Waals surface area (Å²) in [6.07, 6.45) is 3.69. The highest BCUT2D eigenvalue weighted by Gasteiger charge is 2.27. The number of urea groups is 1. The molecule has 19 heavy (non-hydrogen) atoms. The van der Waals surface area contributed by atoms with Crippen LogP contribution in [0.5, 0.6) is 0 Å². The van der Waals surface area contributed by atoms with Crippen molar-refractivity contribution in [3.8, 4) is 0 Å². The highest BCUT2D eigenvalue weighted by Crippen LogP contribution is 2.24. The predicted molar refractivity (Wildman–Crippen MR) is 71.0 cm³/mol. The number of hydrogen-bond acceptors (Lipinski definition) is 3. The van der Waals surface area contributed by atoms with E-state index in [4.69, 9.17) is 9.84 Å². The molecule has 1 rings (SSSR count). The van der Waals surface area contributed by atoms with Crippen molar-refractivity contribution >= 4 is 12.0 Å². The minimum Gasteiger partial charge on any atom is -0.481 e. The maximum Gasteiger partial charge on any atom is 0.315 e. The van der Waals surface area contributed by atoms with E-state index < -0.39 is 5.97 Å². The second-order valence-corrected chi connectivity index (χ2v) is 5.20. The maximum absolute atomic E-state index is 11.8. The molecule has 6 heteroatoms. The number of carbonyl (C=O) groups is 2. The summed E-state index contributed by atoms with van der Waals surface area (Å²) in [7, 11) is 1.63. The van der Waals surface area contributed by atoms with E-state index in [-0.39, 0.29) is 24.0 Å². The summed E-state index contributed by atoms with van der Waals surface area (Å²) >= 11 is 0. The first-order valence-electron chi connectivity index (χ1n) is 6.81. The molecule has 110 valence electrons. The van der Waals surface area contributed by atoms with Crippen LogP contribution < -0.4 is 10.6 Å². The first kappa shape index (κ1) is 15.8. The van der Waals surface area contributed by atoms with Crippen molar-refractivity contribution in [2.45, 2.75) is 51.1 Å². The number of ether oxygens (including phenoxy) is 1. The Morgan fingerprint density at radius 3 is 2.79 bits per heavy atom. The molecule has 0 aromatic carbocycles. The van der Waals surface area contributed by atoms with Crippen molar-refractivity contribution < 1.29 is 19.4 Å². The van der Waals surface area contributed by atoms with Gasteiger partial charge in [0.15, 0.2) is 0 Å². The van der Waals surface area contributed by atoms with Crippen LogP contribution >= 0.6 is 0 Å². The standard InChI is InChI=1S/C13H24N2O4/c1-9(6-7-19-2)14-13(18)15-11-5-3-4-10(8-11)12(16)17/h9-11H,3-8H2,1-2H3,(H,16,17)(H2,14,15,18). The number of carbonyl (C=O) groups excluding carboxylic acids is 1. The number of rotatable bonds is 6. The van der Waals surface area contributed by atoms with E-state index in [0.717, 1.165) is 19.3 Å². The minimum atomic E-state index is -0.764. The monoisotopic (exact) mass is 272 g/mol. The van der Waals surface area contributed by atoms with E-state index in [1.165, 1.54) is 0 Å². The van der Waals surface area contributed by atoms with E-state index >= 15 is 0 Å². The van der Waals surface area contributed by atoms with Crippen LogP contribution in [0, 0.1) is 5.92 Å². The van der Waals surface area contributed by atoms with E-state index in [9.17, 15) is 9.59 Å². The van der Waals surface area contributed by atoms with E-state index in [2.05, 4.69) is 10.6 Å². The quantitative estimate of drug-likeness (QED) is 0.681. The van der Waals surface area contributed by atoms with Crippen molar-refractivity contribution in [1.29, 1.82) is 0 Å². The van der Waals surface area contributed by atoms with Crippen LogP contribution in [0.25, 0.3) is 0 Å². The molecular weight excluding hydrogens is 248 g/mol. The molecule has 0 heterocycles. The van der Waals surface area contributed by atoms with Gasteiger partial charge in [-0.2, -0.15) is 0 Å². The van der Waals surface area contributed by atoms with Crippen molar-refractivity contribution in [2.24, 2.45) is 5.92 Å². The predicted octanol–water partition coefficient (Wildman–Crippen LogP) is 1.35. The largest absolute Gasteiger partial charge is 0.481 e. The third-order valence-corrected chi connectivity index (χ3v) is 3.49. The molecule has 2 amide bonds. The summed E-state index contributed by atoms with van der Waals surface area (Å²) in [5.74, 6) is -1.09. The van der Waals surface area contributed by atoms with Gasteiger partial charge in [0.05, 0.1) is 5.92 Å². The first-order chi connectivity index (χ1) is 9.02. The minimum absolute atomic E-state index is 0.0375. The normalized spacial score (nSPS) is 24.5. The number of methoxy groups -OCH3 is 1. The summed E-state index contributed by atoms with van der Waals surface area (Å²) in [4.78, 5) is 22.7. The van der Waals surface area contributed by atoms with Crippen LogP contribution in [0.3, 0.4) is 0 Å². The van der Waals surface area contributed by atoms with Crippen LogP contribution in [-0.4, -0.2) is 42.9 Å². The third kappa shape index (κ3) is 5.92. The Balaban J connectivity index is 2.29. The molecule has 3 atom stereocenters. The lowest BCUT2D eigenvalue weighted by molar-refractivity contribution is -0.143. The Bertz CT molecular complexity index is 309. The lowest BCUT2D eigenvalue weighted by Gasteiger charge is -2.28. The number of amides is 2. The number of hydrogen-bond donors (Lipinski definition) is 3. The Morgan fingerprint density at radius 1 is 1.42 bits per heavy atom. The van der Waals surface area contributed by atoms with Gasteiger partial charge in [-0.1, -0.05) is 6.42 Å². The molecule has 3 unspecified atom stereocenters. The molecule has 0 aliphatic heterocycles. The SMILES string of the molecule is COCCC(C)NC(=O)NC1CCCC(C(=O)O)C1. The third-order valence-electron chi connectivity index (χ3n) is 3.49. The Morgan fingerprint density at radius 2 is 2.16 bits per heavy atom. The zero-order valence-electron chi connectivity index (χ0n) is 11.6. The molecule has 0 radical (unpaired) electrons. The zero-order valence-corrected chi connectivity index (χ0v) is 11.6. The average Bonchev–Trinajstić information content (AvgIpc) is 2.36. The lowest BCUT2D eigenvalue weighted by Crippen LogP contribution is -2.47. The number of nitrogens with one attached hydrogen (secondary N) is 2. The summed E-state index contributed by atoms with van der Waals surface area (Å²) in [6, 6.07) is -0.220. The van der Waals surface area contributed by atoms with Crippen LogP contribution in [0.2, 0.25) is 0 Å². The number of carboxylic acid groups (broad SMARTS) is 1. The Labute approximate surface area is 113 Å². The second kappa shape index (κ2) is 7.99. The first-order valence-corrected chi connectivity index (χ1v) is 6.81. The van der Waals surface area contributed by atoms with Crippen molar-refractivity contribution in [3.63, 3.8) is 0 Å². The van der Waals surface area contributed by atoms with Gasteiger partial charge in [-0.05, 0) is 32.6 Å².